The number of rotatable bonds is 3. The molecule has 0 N–H and O–H groups in total. The second-order valence-electron chi connectivity index (χ2n) is 8.88. The lowest BCUT2D eigenvalue weighted by atomic mass is 9.80. The molecule has 1 saturated heterocycles. The van der Waals surface area contributed by atoms with Gasteiger partial charge in [0.05, 0.1) is 0 Å². The van der Waals surface area contributed by atoms with Crippen LogP contribution in [0.2, 0.25) is 0 Å². The van der Waals surface area contributed by atoms with E-state index in [0.717, 1.165) is 13.0 Å². The minimum absolute atomic E-state index is 0.123. The third-order valence-corrected chi connectivity index (χ3v) is 5.47. The summed E-state index contributed by atoms with van der Waals surface area (Å²) in [4.78, 5) is 19.2. The number of fused-ring (bicyclic) bond motifs is 1. The van der Waals surface area contributed by atoms with Crippen molar-refractivity contribution in [3.05, 3.63) is 11.7 Å². The van der Waals surface area contributed by atoms with E-state index in [4.69, 9.17) is 4.52 Å². The van der Waals surface area contributed by atoms with Gasteiger partial charge in [-0.15, -0.1) is 0 Å². The van der Waals surface area contributed by atoms with Crippen LogP contribution in [0.3, 0.4) is 0 Å². The monoisotopic (exact) mass is 319 g/mol. The Morgan fingerprint density at radius 2 is 2.09 bits per heavy atom. The topological polar surface area (TPSA) is 59.2 Å². The summed E-state index contributed by atoms with van der Waals surface area (Å²) >= 11 is 0. The standard InChI is InChI=1S/C18H29N3O2/c1-17(2,3)16-19-14(23-20-16)9-10-15(22)21-11-18(4,5)12-7-6-8-13(12)21/h12-13H,6-11H2,1-5H3/t12-,13+/m1/s1. The molecule has 128 valence electrons. The van der Waals surface area contributed by atoms with Gasteiger partial charge in [0, 0.05) is 30.8 Å². The quantitative estimate of drug-likeness (QED) is 0.857. The maximum absolute atomic E-state index is 12.7. The molecule has 1 amide bonds. The summed E-state index contributed by atoms with van der Waals surface area (Å²) in [5, 5.41) is 4.03. The molecule has 5 heteroatoms. The van der Waals surface area contributed by atoms with Crippen LogP contribution in [0.25, 0.3) is 0 Å². The van der Waals surface area contributed by atoms with Crippen molar-refractivity contribution >= 4 is 5.91 Å². The van der Waals surface area contributed by atoms with Crippen molar-refractivity contribution in [2.45, 2.75) is 78.2 Å². The molecule has 2 heterocycles. The Balaban J connectivity index is 1.61. The van der Waals surface area contributed by atoms with Crippen molar-refractivity contribution in [1.82, 2.24) is 15.0 Å². The normalized spacial score (nSPS) is 26.6. The first-order chi connectivity index (χ1) is 10.7. The van der Waals surface area contributed by atoms with Crippen molar-refractivity contribution in [2.75, 3.05) is 6.54 Å². The van der Waals surface area contributed by atoms with E-state index in [1.165, 1.54) is 12.8 Å². The summed E-state index contributed by atoms with van der Waals surface area (Å²) < 4.78 is 5.30. The lowest BCUT2D eigenvalue weighted by Gasteiger charge is -2.23. The molecule has 0 unspecified atom stereocenters. The van der Waals surface area contributed by atoms with Crippen LogP contribution in [0.5, 0.6) is 0 Å². The van der Waals surface area contributed by atoms with Crippen LogP contribution in [0.1, 0.15) is 72.0 Å². The molecule has 0 bridgehead atoms. The van der Waals surface area contributed by atoms with Gasteiger partial charge in [-0.3, -0.25) is 4.79 Å². The van der Waals surface area contributed by atoms with E-state index < -0.39 is 0 Å². The van der Waals surface area contributed by atoms with Gasteiger partial charge in [0.1, 0.15) is 0 Å². The van der Waals surface area contributed by atoms with Crippen molar-refractivity contribution in [2.24, 2.45) is 11.3 Å². The van der Waals surface area contributed by atoms with Crippen molar-refractivity contribution in [1.29, 1.82) is 0 Å². The van der Waals surface area contributed by atoms with Gasteiger partial charge in [0.2, 0.25) is 11.8 Å². The molecule has 2 fully saturated rings. The third-order valence-electron chi connectivity index (χ3n) is 5.47. The second-order valence-corrected chi connectivity index (χ2v) is 8.88. The molecule has 0 radical (unpaired) electrons. The number of aromatic nitrogens is 2. The SMILES string of the molecule is CC(C)(C)c1noc(CCC(=O)N2CC(C)(C)[C@@H]3CCC[C@@H]32)n1. The molecular weight excluding hydrogens is 290 g/mol. The number of hydrogen-bond donors (Lipinski definition) is 0. The Hall–Kier alpha value is -1.39. The molecule has 1 aliphatic heterocycles. The number of carbonyl (C=O) groups is 1. The zero-order valence-corrected chi connectivity index (χ0v) is 15.1. The smallest absolute Gasteiger partial charge is 0.227 e. The van der Waals surface area contributed by atoms with Gasteiger partial charge < -0.3 is 9.42 Å². The van der Waals surface area contributed by atoms with Crippen molar-refractivity contribution < 1.29 is 9.32 Å². The van der Waals surface area contributed by atoms with E-state index in [2.05, 4.69) is 49.7 Å². The first-order valence-corrected chi connectivity index (χ1v) is 8.81. The summed E-state index contributed by atoms with van der Waals surface area (Å²) in [6, 6.07) is 0.449. The van der Waals surface area contributed by atoms with E-state index in [-0.39, 0.29) is 16.7 Å². The minimum atomic E-state index is -0.123. The van der Waals surface area contributed by atoms with E-state index in [1.807, 2.05) is 0 Å². The molecule has 2 atom stereocenters. The summed E-state index contributed by atoms with van der Waals surface area (Å²) in [6.45, 7) is 11.7. The Morgan fingerprint density at radius 3 is 2.74 bits per heavy atom. The number of aryl methyl sites for hydroxylation is 1. The van der Waals surface area contributed by atoms with Gasteiger partial charge in [-0.25, -0.2) is 0 Å². The Bertz CT molecular complexity index is 585. The van der Waals surface area contributed by atoms with E-state index in [0.29, 0.717) is 36.5 Å². The van der Waals surface area contributed by atoms with Crippen molar-refractivity contribution in [3.63, 3.8) is 0 Å². The van der Waals surface area contributed by atoms with E-state index in [9.17, 15) is 4.79 Å². The van der Waals surface area contributed by atoms with Gasteiger partial charge in [0.15, 0.2) is 5.82 Å². The summed E-state index contributed by atoms with van der Waals surface area (Å²) in [5.74, 6) is 2.19. The summed E-state index contributed by atoms with van der Waals surface area (Å²) in [6.07, 6.45) is 4.68. The lowest BCUT2D eigenvalue weighted by molar-refractivity contribution is -0.132. The fourth-order valence-corrected chi connectivity index (χ4v) is 4.19. The Labute approximate surface area is 138 Å². The highest BCUT2D eigenvalue weighted by atomic mass is 16.5. The molecule has 2 aliphatic rings. The van der Waals surface area contributed by atoms with E-state index in [1.54, 1.807) is 0 Å². The molecule has 1 aromatic heterocycles. The van der Waals surface area contributed by atoms with Crippen molar-refractivity contribution in [3.8, 4) is 0 Å². The predicted molar refractivity (Wildman–Crippen MR) is 87.9 cm³/mol. The zero-order chi connectivity index (χ0) is 16.8. The van der Waals surface area contributed by atoms with Crippen LogP contribution in [0.15, 0.2) is 4.52 Å². The lowest BCUT2D eigenvalue weighted by Crippen LogP contribution is -2.36. The molecule has 5 nitrogen and oxygen atoms in total. The van der Waals surface area contributed by atoms with Gasteiger partial charge in [0.25, 0.3) is 0 Å². The highest BCUT2D eigenvalue weighted by Gasteiger charge is 2.50. The van der Waals surface area contributed by atoms with Gasteiger partial charge in [-0.2, -0.15) is 4.98 Å². The molecule has 1 aromatic rings. The van der Waals surface area contributed by atoms with Crippen LogP contribution in [0, 0.1) is 11.3 Å². The fourth-order valence-electron chi connectivity index (χ4n) is 4.19. The molecular formula is C18H29N3O2. The van der Waals surface area contributed by atoms with Gasteiger partial charge >= 0.3 is 0 Å². The van der Waals surface area contributed by atoms with Crippen LogP contribution in [-0.4, -0.2) is 33.5 Å². The molecule has 3 rings (SSSR count). The third kappa shape index (κ3) is 3.15. The number of hydrogen-bond acceptors (Lipinski definition) is 4. The molecule has 0 aromatic carbocycles. The highest BCUT2D eigenvalue weighted by molar-refractivity contribution is 5.77. The Morgan fingerprint density at radius 1 is 1.35 bits per heavy atom. The number of carbonyl (C=O) groups excluding carboxylic acids is 1. The minimum Gasteiger partial charge on any atom is -0.339 e. The molecule has 23 heavy (non-hydrogen) atoms. The van der Waals surface area contributed by atoms with Gasteiger partial charge in [-0.1, -0.05) is 46.2 Å². The van der Waals surface area contributed by atoms with Crippen LogP contribution in [0.4, 0.5) is 0 Å². The molecule has 0 spiro atoms. The van der Waals surface area contributed by atoms with Crippen LogP contribution >= 0.6 is 0 Å². The number of amides is 1. The average molecular weight is 319 g/mol. The fraction of sp³-hybridized carbons (Fsp3) is 0.833. The number of likely N-dealkylation sites (tertiary alicyclic amines) is 1. The zero-order valence-electron chi connectivity index (χ0n) is 15.1. The van der Waals surface area contributed by atoms with Crippen LogP contribution in [-0.2, 0) is 16.6 Å². The maximum atomic E-state index is 12.7. The molecule has 1 saturated carbocycles. The highest BCUT2D eigenvalue weighted by Crippen LogP contribution is 2.48. The van der Waals surface area contributed by atoms with Gasteiger partial charge in [-0.05, 0) is 24.2 Å². The number of nitrogens with zero attached hydrogens (tertiary/aromatic N) is 3. The largest absolute Gasteiger partial charge is 0.339 e. The second kappa shape index (κ2) is 5.60. The first kappa shape index (κ1) is 16.5. The summed E-state index contributed by atoms with van der Waals surface area (Å²) in [7, 11) is 0. The molecule has 1 aliphatic carbocycles. The van der Waals surface area contributed by atoms with Crippen LogP contribution < -0.4 is 0 Å². The van der Waals surface area contributed by atoms with E-state index >= 15 is 0 Å². The summed E-state index contributed by atoms with van der Waals surface area (Å²) in [5.41, 5.74) is 0.128. The Kier molecular flexibility index (Phi) is 4.01. The maximum Gasteiger partial charge on any atom is 0.227 e. The predicted octanol–water partition coefficient (Wildman–Crippen LogP) is 3.34. The average Bonchev–Trinajstić information content (AvgIpc) is 3.13. The first-order valence-electron chi connectivity index (χ1n) is 8.81.